The van der Waals surface area contributed by atoms with Gasteiger partial charge in [0.2, 0.25) is 0 Å². The van der Waals surface area contributed by atoms with Crippen molar-refractivity contribution < 1.29 is 97.1 Å². The van der Waals surface area contributed by atoms with E-state index in [-0.39, 0.29) is 39.3 Å². The van der Waals surface area contributed by atoms with Crippen LogP contribution in [0.25, 0.3) is 0 Å². The van der Waals surface area contributed by atoms with Crippen molar-refractivity contribution in [3.05, 3.63) is 144 Å². The van der Waals surface area contributed by atoms with Crippen LogP contribution in [0.5, 0.6) is 0 Å². The van der Waals surface area contributed by atoms with Crippen molar-refractivity contribution in [3.63, 3.8) is 0 Å². The molecular formula is C56H69N3O20. The van der Waals surface area contributed by atoms with Crippen LogP contribution >= 0.6 is 0 Å². The average molecular weight is 1100 g/mol. The number of aliphatic hydroxyl groups is 6. The predicted molar refractivity (Wildman–Crippen MR) is 272 cm³/mol. The van der Waals surface area contributed by atoms with Gasteiger partial charge in [0.05, 0.1) is 37.5 Å². The van der Waals surface area contributed by atoms with Crippen LogP contribution in [-0.2, 0) is 71.9 Å². The molecule has 1 saturated carbocycles. The summed E-state index contributed by atoms with van der Waals surface area (Å²) in [4.78, 5) is 40.6. The smallest absolute Gasteiger partial charge is 0.407 e. The minimum absolute atomic E-state index is 0.0251. The lowest BCUT2D eigenvalue weighted by atomic mass is 9.83. The van der Waals surface area contributed by atoms with Gasteiger partial charge >= 0.3 is 18.3 Å². The molecule has 23 heteroatoms. The number of fused-ring (bicyclic) bond motifs is 1. The summed E-state index contributed by atoms with van der Waals surface area (Å²) in [5.41, 5.74) is 2.75. The summed E-state index contributed by atoms with van der Waals surface area (Å²) >= 11 is 0. The van der Waals surface area contributed by atoms with E-state index in [0.717, 1.165) is 5.56 Å². The van der Waals surface area contributed by atoms with Crippen molar-refractivity contribution in [2.75, 3.05) is 13.2 Å². The highest BCUT2D eigenvalue weighted by Crippen LogP contribution is 2.40. The van der Waals surface area contributed by atoms with Gasteiger partial charge in [-0.2, -0.15) is 0 Å². The Labute approximate surface area is 455 Å². The second-order valence-electron chi connectivity index (χ2n) is 20.1. The summed E-state index contributed by atoms with van der Waals surface area (Å²) in [7, 11) is 0. The topological polar surface area (TPSA) is 310 Å². The van der Waals surface area contributed by atoms with E-state index < -0.39 is 147 Å². The standard InChI is InChI=1S/C56H69N3O20/c1-3-37-43(63)44(64)40(59-56(68)72-28-33-20-12-6-13-21-33)52(73-37)78-47-38(25-60)74-53(45(47)65)79-49-42(62)35(57-54(66)70-26-31-16-8-4-9-17-31)24-36(58-55(67)71-27-32-18-10-5-11-19-32)46(49)76-50-30(2)41(61)48-39(75-50)29-69-51(77-48)34-22-14-7-15-23-34/h4-23,30,35-53,60-65H,3,24-29H2,1-2H3,(H,57,66)(H,58,67)(H,59,68). The Morgan fingerprint density at radius 1 is 0.532 bits per heavy atom. The first-order valence-corrected chi connectivity index (χ1v) is 26.5. The van der Waals surface area contributed by atoms with Crippen LogP contribution in [0.2, 0.25) is 0 Å². The van der Waals surface area contributed by atoms with E-state index in [1.807, 2.05) is 36.4 Å². The molecule has 5 aliphatic rings. The number of alkyl carbamates (subject to hydrolysis) is 3. The number of hydrogen-bond donors (Lipinski definition) is 9. The molecule has 4 aromatic carbocycles. The largest absolute Gasteiger partial charge is 0.445 e. The number of rotatable bonds is 18. The van der Waals surface area contributed by atoms with Crippen molar-refractivity contribution in [3.8, 4) is 0 Å². The Bertz CT molecular complexity index is 2540. The molecule has 9 N–H and O–H groups in total. The average Bonchev–Trinajstić information content (AvgIpc) is 3.97. The first-order valence-electron chi connectivity index (χ1n) is 26.5. The molecule has 0 spiro atoms. The number of ether oxygens (including phenoxy) is 11. The number of carbonyl (C=O) groups is 3. The maximum absolute atomic E-state index is 13.8. The van der Waals surface area contributed by atoms with Gasteiger partial charge in [0.15, 0.2) is 25.2 Å². The van der Waals surface area contributed by atoms with Crippen LogP contribution in [0.1, 0.15) is 55.2 Å². The van der Waals surface area contributed by atoms with Crippen molar-refractivity contribution in [1.29, 1.82) is 0 Å². The summed E-state index contributed by atoms with van der Waals surface area (Å²) < 4.78 is 67.1. The Hall–Kier alpha value is -5.87. The summed E-state index contributed by atoms with van der Waals surface area (Å²) in [6.07, 6.45) is -25.3. The van der Waals surface area contributed by atoms with Crippen LogP contribution in [0.4, 0.5) is 14.4 Å². The van der Waals surface area contributed by atoms with Gasteiger partial charge in [0.25, 0.3) is 0 Å². The zero-order chi connectivity index (χ0) is 55.6. The van der Waals surface area contributed by atoms with E-state index in [9.17, 15) is 45.0 Å². The predicted octanol–water partition coefficient (Wildman–Crippen LogP) is 2.56. The van der Waals surface area contributed by atoms with Gasteiger partial charge in [0.1, 0.15) is 86.9 Å². The molecule has 23 nitrogen and oxygen atoms in total. The third kappa shape index (κ3) is 14.2. The summed E-state index contributed by atoms with van der Waals surface area (Å²) in [6, 6.07) is 31.7. The molecule has 0 bridgehead atoms. The number of amides is 3. The highest BCUT2D eigenvalue weighted by atomic mass is 16.8. The Morgan fingerprint density at radius 2 is 1.04 bits per heavy atom. The van der Waals surface area contributed by atoms with Gasteiger partial charge < -0.3 is 98.7 Å². The second-order valence-corrected chi connectivity index (χ2v) is 20.1. The maximum atomic E-state index is 13.8. The van der Waals surface area contributed by atoms with E-state index in [4.69, 9.17) is 52.1 Å². The van der Waals surface area contributed by atoms with E-state index in [1.54, 1.807) is 98.8 Å². The minimum Gasteiger partial charge on any atom is -0.445 e. The Balaban J connectivity index is 0.983. The van der Waals surface area contributed by atoms with Crippen LogP contribution in [0, 0.1) is 5.92 Å². The fourth-order valence-corrected chi connectivity index (χ4v) is 10.3. The van der Waals surface area contributed by atoms with Crippen molar-refractivity contribution >= 4 is 18.3 Å². The third-order valence-electron chi connectivity index (χ3n) is 14.7. The van der Waals surface area contributed by atoms with E-state index in [1.165, 1.54) is 0 Å². The monoisotopic (exact) mass is 1100 g/mol. The molecular weight excluding hydrogens is 1030 g/mol. The molecule has 4 heterocycles. The number of nitrogens with one attached hydrogen (secondary N) is 3. The molecule has 4 aliphatic heterocycles. The molecule has 9 rings (SSSR count). The maximum Gasteiger partial charge on any atom is 0.407 e. The molecule has 4 aromatic rings. The van der Waals surface area contributed by atoms with Crippen LogP contribution in [0.3, 0.4) is 0 Å². The van der Waals surface area contributed by atoms with E-state index in [0.29, 0.717) is 16.7 Å². The Kier molecular flexibility index (Phi) is 19.8. The fraction of sp³-hybridized carbons (Fsp3) is 0.518. The highest BCUT2D eigenvalue weighted by molar-refractivity contribution is 5.69. The number of hydrogen-bond acceptors (Lipinski definition) is 20. The summed E-state index contributed by atoms with van der Waals surface area (Å²) in [5.74, 6) is -0.846. The van der Waals surface area contributed by atoms with Crippen molar-refractivity contribution in [2.45, 2.75) is 163 Å². The van der Waals surface area contributed by atoms with Gasteiger partial charge in [-0.05, 0) is 29.5 Å². The lowest BCUT2D eigenvalue weighted by molar-refractivity contribution is -0.366. The number of aliphatic hydroxyl groups excluding tert-OH is 6. The molecule has 20 atom stereocenters. The van der Waals surface area contributed by atoms with Crippen LogP contribution in [-0.4, -0.2) is 172 Å². The van der Waals surface area contributed by atoms with Crippen molar-refractivity contribution in [2.24, 2.45) is 5.92 Å². The molecule has 1 aliphatic carbocycles. The molecule has 79 heavy (non-hydrogen) atoms. The van der Waals surface area contributed by atoms with Gasteiger partial charge in [-0.25, -0.2) is 14.4 Å². The minimum atomic E-state index is -1.85. The first-order chi connectivity index (χ1) is 38.3. The molecule has 5 fully saturated rings. The molecule has 4 saturated heterocycles. The third-order valence-corrected chi connectivity index (χ3v) is 14.7. The zero-order valence-electron chi connectivity index (χ0n) is 43.4. The normalized spacial score (nSPS) is 35.3. The van der Waals surface area contributed by atoms with Crippen molar-refractivity contribution in [1.82, 2.24) is 16.0 Å². The van der Waals surface area contributed by atoms with Crippen LogP contribution < -0.4 is 16.0 Å². The van der Waals surface area contributed by atoms with E-state index in [2.05, 4.69) is 16.0 Å². The van der Waals surface area contributed by atoms with Gasteiger partial charge in [-0.1, -0.05) is 135 Å². The van der Waals surface area contributed by atoms with Gasteiger partial charge in [-0.3, -0.25) is 0 Å². The zero-order valence-corrected chi connectivity index (χ0v) is 43.4. The molecule has 0 aromatic heterocycles. The van der Waals surface area contributed by atoms with E-state index >= 15 is 0 Å². The summed E-state index contributed by atoms with van der Waals surface area (Å²) in [6.45, 7) is 2.13. The quantitative estimate of drug-likeness (QED) is 0.0647. The van der Waals surface area contributed by atoms with Gasteiger partial charge in [-0.15, -0.1) is 0 Å². The highest BCUT2D eigenvalue weighted by Gasteiger charge is 2.57. The Morgan fingerprint density at radius 3 is 1.59 bits per heavy atom. The lowest BCUT2D eigenvalue weighted by Crippen LogP contribution is -2.68. The number of benzene rings is 4. The SMILES string of the molecule is CCC1OC(OC2C(CO)OC(OC3C(O)C(NC(=O)OCc4ccccc4)CC(NC(=O)OCc4ccccc4)C3OC3OC4COC(c5ccccc5)OC4C(O)C3C)C2O)C(NC(=O)OCc2ccccc2)C(O)C1O. The molecule has 0 radical (unpaired) electrons. The fourth-order valence-electron chi connectivity index (χ4n) is 10.3. The lowest BCUT2D eigenvalue weighted by Gasteiger charge is -2.50. The molecule has 3 amide bonds. The summed E-state index contributed by atoms with van der Waals surface area (Å²) in [5, 5.41) is 77.6. The second kappa shape index (κ2) is 27.1. The molecule has 20 unspecified atom stereocenters. The van der Waals surface area contributed by atoms with Crippen LogP contribution in [0.15, 0.2) is 121 Å². The first kappa shape index (κ1) is 57.8. The molecule has 428 valence electrons. The number of carbonyl (C=O) groups excluding carboxylic acids is 3. The van der Waals surface area contributed by atoms with Gasteiger partial charge in [0, 0.05) is 11.5 Å².